The minimum atomic E-state index is -0.891. The first-order chi connectivity index (χ1) is 32.4. The fourth-order valence-electron chi connectivity index (χ4n) is 11.3. The Morgan fingerprint density at radius 2 is 1.04 bits per heavy atom. The van der Waals surface area contributed by atoms with Crippen molar-refractivity contribution in [3.8, 4) is 22.3 Å². The average molecular weight is 873 g/mol. The standard InChI is InChI=1S/C63H53FN2O/c1-61(2,3)40-28-32-44(33-29-40)65(42-18-9-7-10-19-42)46-36-37-48-52(38-46)63(50-24-15-13-22-47(50)57-51(63)25-17-26-54(57)64)53-39-55(59-49-23-14-16-27-56(49)67-60(59)58(48)53)66(43-20-11-8-12-21-43)45-34-30-41(31-35-45)62(4,5)6/h7-13,15-22,24-39H,14,23H2,1-6H3. The van der Waals surface area contributed by atoms with Gasteiger partial charge in [-0.3, -0.25) is 0 Å². The van der Waals surface area contributed by atoms with E-state index in [-0.39, 0.29) is 16.6 Å². The Kier molecular flexibility index (Phi) is 9.22. The maximum Gasteiger partial charge on any atom is 0.145 e. The smallest absolute Gasteiger partial charge is 0.145 e. The van der Waals surface area contributed by atoms with Crippen molar-refractivity contribution in [3.05, 3.63) is 233 Å². The third kappa shape index (κ3) is 6.22. The molecule has 67 heavy (non-hydrogen) atoms. The van der Waals surface area contributed by atoms with Gasteiger partial charge >= 0.3 is 0 Å². The molecule has 3 aliphatic rings. The van der Waals surface area contributed by atoms with Crippen molar-refractivity contribution in [2.45, 2.75) is 70.6 Å². The lowest BCUT2D eigenvalue weighted by molar-refractivity contribution is 0.590. The Labute approximate surface area is 393 Å². The Bertz CT molecular complexity index is 3420. The normalized spacial score (nSPS) is 15.6. The Morgan fingerprint density at radius 3 is 1.70 bits per heavy atom. The topological polar surface area (TPSA) is 19.6 Å². The number of hydrogen-bond donors (Lipinski definition) is 0. The lowest BCUT2D eigenvalue weighted by Gasteiger charge is -2.33. The number of para-hydroxylation sites is 2. The highest BCUT2D eigenvalue weighted by molar-refractivity contribution is 6.12. The van der Waals surface area contributed by atoms with Gasteiger partial charge in [-0.05, 0) is 147 Å². The zero-order chi connectivity index (χ0) is 45.8. The first-order valence-electron chi connectivity index (χ1n) is 23.7. The van der Waals surface area contributed by atoms with Crippen LogP contribution in [0.2, 0.25) is 0 Å². The van der Waals surface area contributed by atoms with Crippen molar-refractivity contribution in [1.29, 1.82) is 0 Å². The van der Waals surface area contributed by atoms with Crippen molar-refractivity contribution in [1.82, 2.24) is 0 Å². The Balaban J connectivity index is 1.20. The maximum absolute atomic E-state index is 16.9. The monoisotopic (exact) mass is 872 g/mol. The van der Waals surface area contributed by atoms with Crippen molar-refractivity contribution < 1.29 is 8.81 Å². The first kappa shape index (κ1) is 41.0. The highest BCUT2D eigenvalue weighted by atomic mass is 19.1. The van der Waals surface area contributed by atoms with E-state index < -0.39 is 5.41 Å². The zero-order valence-electron chi connectivity index (χ0n) is 39.0. The molecule has 3 nitrogen and oxygen atoms in total. The molecule has 0 saturated heterocycles. The van der Waals surface area contributed by atoms with Gasteiger partial charge in [-0.1, -0.05) is 151 Å². The highest BCUT2D eigenvalue weighted by Crippen LogP contribution is 2.66. The van der Waals surface area contributed by atoms with E-state index in [0.717, 1.165) is 103 Å². The molecule has 1 spiro atoms. The number of furan rings is 1. The predicted octanol–water partition coefficient (Wildman–Crippen LogP) is 17.4. The second-order valence-corrected chi connectivity index (χ2v) is 20.5. The van der Waals surface area contributed by atoms with Gasteiger partial charge < -0.3 is 14.2 Å². The van der Waals surface area contributed by atoms with Crippen LogP contribution in [0.15, 0.2) is 186 Å². The second kappa shape index (κ2) is 15.1. The van der Waals surface area contributed by atoms with E-state index >= 15 is 4.39 Å². The van der Waals surface area contributed by atoms with Crippen LogP contribution in [0.4, 0.5) is 38.5 Å². The van der Waals surface area contributed by atoms with Gasteiger partial charge in [-0.15, -0.1) is 0 Å². The quantitative estimate of drug-likeness (QED) is 0.166. The predicted molar refractivity (Wildman–Crippen MR) is 277 cm³/mol. The molecule has 0 saturated carbocycles. The zero-order valence-corrected chi connectivity index (χ0v) is 39.0. The van der Waals surface area contributed by atoms with Crippen LogP contribution in [-0.2, 0) is 22.7 Å². The summed E-state index contributed by atoms with van der Waals surface area (Å²) in [6, 6.07) is 62.9. The van der Waals surface area contributed by atoms with Crippen molar-refractivity contribution in [2.24, 2.45) is 0 Å². The van der Waals surface area contributed by atoms with Crippen molar-refractivity contribution in [3.63, 3.8) is 0 Å². The van der Waals surface area contributed by atoms with Gasteiger partial charge in [-0.25, -0.2) is 4.39 Å². The molecule has 3 aliphatic carbocycles. The van der Waals surface area contributed by atoms with Crippen LogP contribution >= 0.6 is 0 Å². The van der Waals surface area contributed by atoms with E-state index in [1.165, 1.54) is 16.7 Å². The summed E-state index contributed by atoms with van der Waals surface area (Å²) < 4.78 is 24.1. The Hall–Kier alpha value is -7.43. The number of rotatable bonds is 6. The molecular formula is C63H53FN2O. The van der Waals surface area contributed by atoms with Gasteiger partial charge in [0.2, 0.25) is 0 Å². The number of benzene rings is 8. The molecular weight excluding hydrogens is 820 g/mol. The fourth-order valence-corrected chi connectivity index (χ4v) is 11.3. The summed E-state index contributed by atoms with van der Waals surface area (Å²) in [6.45, 7) is 13.5. The van der Waals surface area contributed by atoms with E-state index in [9.17, 15) is 0 Å². The molecule has 4 heteroatoms. The summed E-state index contributed by atoms with van der Waals surface area (Å²) in [4.78, 5) is 4.77. The summed E-state index contributed by atoms with van der Waals surface area (Å²) in [7, 11) is 0. The van der Waals surface area contributed by atoms with Gasteiger partial charge in [0.1, 0.15) is 17.2 Å². The first-order valence-corrected chi connectivity index (χ1v) is 23.7. The Morgan fingerprint density at radius 1 is 0.493 bits per heavy atom. The van der Waals surface area contributed by atoms with Crippen LogP contribution in [0, 0.1) is 5.82 Å². The SMILES string of the molecule is CC(C)(C)c1ccc(N(c2ccccc2)c2ccc3c(c2)C2(c4ccccc4-c4c(F)cccc42)c2cc(N(c4ccccc4)c4ccc(C(C)(C)C)cc4)c4c5c(oc4c2-3)C=CCC5)cc1. The van der Waals surface area contributed by atoms with Crippen molar-refractivity contribution >= 4 is 51.2 Å². The van der Waals surface area contributed by atoms with Crippen LogP contribution < -0.4 is 9.80 Å². The van der Waals surface area contributed by atoms with E-state index in [2.05, 4.69) is 221 Å². The molecule has 12 rings (SSSR count). The third-order valence-electron chi connectivity index (χ3n) is 14.5. The third-order valence-corrected chi connectivity index (χ3v) is 14.5. The van der Waals surface area contributed by atoms with E-state index in [4.69, 9.17) is 4.42 Å². The average Bonchev–Trinajstić information content (AvgIpc) is 3.97. The molecule has 0 amide bonds. The lowest BCUT2D eigenvalue weighted by Crippen LogP contribution is -2.26. The number of aryl methyl sites for hydroxylation is 1. The minimum absolute atomic E-state index is 0.00554. The van der Waals surface area contributed by atoms with Crippen molar-refractivity contribution in [2.75, 3.05) is 9.80 Å². The minimum Gasteiger partial charge on any atom is -0.456 e. The van der Waals surface area contributed by atoms with Crippen LogP contribution in [0.5, 0.6) is 0 Å². The molecule has 0 bridgehead atoms. The van der Waals surface area contributed by atoms with Gasteiger partial charge in [0, 0.05) is 50.5 Å². The number of anilines is 6. The van der Waals surface area contributed by atoms with Crippen LogP contribution in [0.1, 0.15) is 92.7 Å². The number of nitrogens with zero attached hydrogens (tertiary/aromatic N) is 2. The van der Waals surface area contributed by atoms with E-state index in [1.807, 2.05) is 12.1 Å². The van der Waals surface area contributed by atoms with Crippen LogP contribution in [0.25, 0.3) is 39.3 Å². The highest BCUT2D eigenvalue weighted by Gasteiger charge is 2.54. The van der Waals surface area contributed by atoms with Gasteiger partial charge in [0.15, 0.2) is 0 Å². The molecule has 0 N–H and O–H groups in total. The molecule has 0 radical (unpaired) electrons. The summed E-state index contributed by atoms with van der Waals surface area (Å²) in [5, 5.41) is 1.12. The fraction of sp³-hybridized carbons (Fsp3) is 0.175. The molecule has 9 aromatic rings. The summed E-state index contributed by atoms with van der Waals surface area (Å²) in [6.07, 6.45) is 6.18. The lowest BCUT2D eigenvalue weighted by atomic mass is 9.70. The molecule has 328 valence electrons. The molecule has 1 aromatic heterocycles. The molecule has 8 aromatic carbocycles. The molecule has 0 aliphatic heterocycles. The van der Waals surface area contributed by atoms with Gasteiger partial charge in [0.25, 0.3) is 0 Å². The molecule has 1 atom stereocenters. The largest absolute Gasteiger partial charge is 0.456 e. The maximum atomic E-state index is 16.9. The van der Waals surface area contributed by atoms with Gasteiger partial charge in [0.05, 0.1) is 11.1 Å². The number of hydrogen-bond acceptors (Lipinski definition) is 3. The van der Waals surface area contributed by atoms with Gasteiger partial charge in [-0.2, -0.15) is 0 Å². The second-order valence-electron chi connectivity index (χ2n) is 20.5. The number of fused-ring (bicyclic) bond motifs is 14. The van der Waals surface area contributed by atoms with E-state index in [1.54, 1.807) is 6.07 Å². The number of allylic oxidation sites excluding steroid dienone is 1. The summed E-state index contributed by atoms with van der Waals surface area (Å²) in [5.74, 6) is 0.681. The van der Waals surface area contributed by atoms with Crippen LogP contribution in [0.3, 0.4) is 0 Å². The van der Waals surface area contributed by atoms with E-state index in [0.29, 0.717) is 5.56 Å². The van der Waals surface area contributed by atoms with Crippen LogP contribution in [-0.4, -0.2) is 0 Å². The number of halogens is 1. The molecule has 1 heterocycles. The summed E-state index contributed by atoms with van der Waals surface area (Å²) >= 11 is 0. The summed E-state index contributed by atoms with van der Waals surface area (Å²) in [5.41, 5.74) is 18.0. The molecule has 0 fully saturated rings. The molecule has 1 unspecified atom stereocenters.